The number of likely N-dealkylation sites (tertiary alicyclic amines) is 1. The maximum absolute atomic E-state index is 12.5. The van der Waals surface area contributed by atoms with Crippen LogP contribution in [0.25, 0.3) is 0 Å². The number of nitrogens with zero attached hydrogens (tertiary/aromatic N) is 1. The number of halogens is 1. The van der Waals surface area contributed by atoms with Gasteiger partial charge in [-0.2, -0.15) is 0 Å². The summed E-state index contributed by atoms with van der Waals surface area (Å²) in [7, 11) is 0. The first-order valence-electron chi connectivity index (χ1n) is 8.04. The van der Waals surface area contributed by atoms with Crippen molar-refractivity contribution in [2.75, 3.05) is 26.2 Å². The van der Waals surface area contributed by atoms with E-state index in [2.05, 4.69) is 5.32 Å². The summed E-state index contributed by atoms with van der Waals surface area (Å²) in [6, 6.07) is 9.96. The first-order valence-corrected chi connectivity index (χ1v) is 8.04. The SMILES string of the molecule is Cl.O=C([C@@H]1CCCNC1)N1CCC(Oc2ccccc2)CC1. The first kappa shape index (κ1) is 17.1. The zero-order valence-electron chi connectivity index (χ0n) is 12.9. The van der Waals surface area contributed by atoms with Crippen LogP contribution in [-0.4, -0.2) is 43.1 Å². The number of ether oxygens (including phenoxy) is 1. The van der Waals surface area contributed by atoms with Crippen molar-refractivity contribution >= 4 is 18.3 Å². The summed E-state index contributed by atoms with van der Waals surface area (Å²) in [6.45, 7) is 3.55. The molecular formula is C17H25ClN2O2. The summed E-state index contributed by atoms with van der Waals surface area (Å²) in [5.41, 5.74) is 0. The molecule has 1 atom stereocenters. The second-order valence-corrected chi connectivity index (χ2v) is 6.00. The van der Waals surface area contributed by atoms with E-state index in [-0.39, 0.29) is 24.4 Å². The van der Waals surface area contributed by atoms with Gasteiger partial charge in [0.2, 0.25) is 5.91 Å². The van der Waals surface area contributed by atoms with E-state index in [9.17, 15) is 4.79 Å². The molecule has 0 saturated carbocycles. The molecular weight excluding hydrogens is 300 g/mol. The van der Waals surface area contributed by atoms with Gasteiger partial charge >= 0.3 is 0 Å². The molecule has 5 heteroatoms. The number of benzene rings is 1. The van der Waals surface area contributed by atoms with Crippen molar-refractivity contribution in [3.8, 4) is 5.75 Å². The molecule has 4 nitrogen and oxygen atoms in total. The van der Waals surface area contributed by atoms with Crippen LogP contribution in [0, 0.1) is 5.92 Å². The predicted molar refractivity (Wildman–Crippen MR) is 89.5 cm³/mol. The van der Waals surface area contributed by atoms with Crippen LogP contribution in [0.3, 0.4) is 0 Å². The van der Waals surface area contributed by atoms with Gasteiger partial charge in [0.1, 0.15) is 11.9 Å². The maximum atomic E-state index is 12.5. The van der Waals surface area contributed by atoms with Crippen molar-refractivity contribution in [3.05, 3.63) is 30.3 Å². The molecule has 1 aromatic carbocycles. The van der Waals surface area contributed by atoms with E-state index in [1.807, 2.05) is 35.2 Å². The molecule has 2 aliphatic rings. The number of amides is 1. The summed E-state index contributed by atoms with van der Waals surface area (Å²) in [5.74, 6) is 1.45. The van der Waals surface area contributed by atoms with E-state index in [4.69, 9.17) is 4.74 Å². The number of carbonyl (C=O) groups is 1. The van der Waals surface area contributed by atoms with Gasteiger partial charge in [-0.25, -0.2) is 0 Å². The molecule has 0 aromatic heterocycles. The molecule has 1 aromatic rings. The molecule has 0 unspecified atom stereocenters. The van der Waals surface area contributed by atoms with Crippen molar-refractivity contribution in [2.45, 2.75) is 31.8 Å². The fraction of sp³-hybridized carbons (Fsp3) is 0.588. The highest BCUT2D eigenvalue weighted by molar-refractivity contribution is 5.85. The molecule has 122 valence electrons. The molecule has 2 fully saturated rings. The number of carbonyl (C=O) groups excluding carboxylic acids is 1. The van der Waals surface area contributed by atoms with Gasteiger partial charge in [0.15, 0.2) is 0 Å². The van der Waals surface area contributed by atoms with Crippen molar-refractivity contribution in [1.82, 2.24) is 10.2 Å². The topological polar surface area (TPSA) is 41.6 Å². The molecule has 2 heterocycles. The number of rotatable bonds is 3. The highest BCUT2D eigenvalue weighted by atomic mass is 35.5. The Bertz CT molecular complexity index is 455. The van der Waals surface area contributed by atoms with Crippen molar-refractivity contribution in [2.24, 2.45) is 5.92 Å². The molecule has 0 bridgehead atoms. The molecule has 0 spiro atoms. The Morgan fingerprint density at radius 3 is 2.50 bits per heavy atom. The molecule has 1 N–H and O–H groups in total. The lowest BCUT2D eigenvalue weighted by molar-refractivity contribution is -0.137. The van der Waals surface area contributed by atoms with E-state index in [0.29, 0.717) is 5.91 Å². The molecule has 3 rings (SSSR count). The summed E-state index contributed by atoms with van der Waals surface area (Å²) >= 11 is 0. The first-order chi connectivity index (χ1) is 10.3. The number of nitrogens with one attached hydrogen (secondary N) is 1. The summed E-state index contributed by atoms with van der Waals surface area (Å²) in [6.07, 6.45) is 4.25. The fourth-order valence-corrected chi connectivity index (χ4v) is 3.21. The van der Waals surface area contributed by atoms with Gasteiger partial charge in [0.05, 0.1) is 5.92 Å². The van der Waals surface area contributed by atoms with E-state index < -0.39 is 0 Å². The van der Waals surface area contributed by atoms with Crippen molar-refractivity contribution in [3.63, 3.8) is 0 Å². The Morgan fingerprint density at radius 2 is 1.86 bits per heavy atom. The van der Waals surface area contributed by atoms with Gasteiger partial charge in [-0.3, -0.25) is 4.79 Å². The molecule has 1 amide bonds. The van der Waals surface area contributed by atoms with Crippen LogP contribution in [0.5, 0.6) is 5.75 Å². The lowest BCUT2D eigenvalue weighted by Crippen LogP contribution is -2.47. The van der Waals surface area contributed by atoms with Gasteiger partial charge in [0, 0.05) is 32.5 Å². The Morgan fingerprint density at radius 1 is 1.14 bits per heavy atom. The second kappa shape index (κ2) is 8.39. The third kappa shape index (κ3) is 4.37. The third-order valence-corrected chi connectivity index (χ3v) is 4.45. The summed E-state index contributed by atoms with van der Waals surface area (Å²) in [5, 5.41) is 3.32. The monoisotopic (exact) mass is 324 g/mol. The van der Waals surface area contributed by atoms with Gasteiger partial charge in [0.25, 0.3) is 0 Å². The Labute approximate surface area is 138 Å². The second-order valence-electron chi connectivity index (χ2n) is 6.00. The van der Waals surface area contributed by atoms with Gasteiger partial charge in [-0.05, 0) is 31.5 Å². The number of piperidine rings is 2. The predicted octanol–water partition coefficient (Wildman–Crippen LogP) is 2.48. The Hall–Kier alpha value is -1.26. The van der Waals surface area contributed by atoms with Crippen LogP contribution in [0.4, 0.5) is 0 Å². The average molecular weight is 325 g/mol. The van der Waals surface area contributed by atoms with Crippen molar-refractivity contribution < 1.29 is 9.53 Å². The highest BCUT2D eigenvalue weighted by Gasteiger charge is 2.29. The maximum Gasteiger partial charge on any atom is 0.226 e. The van der Waals surface area contributed by atoms with Gasteiger partial charge < -0.3 is 15.0 Å². The van der Waals surface area contributed by atoms with E-state index in [1.165, 1.54) is 0 Å². The molecule has 2 aliphatic heterocycles. The Kier molecular flexibility index (Phi) is 6.52. The van der Waals surface area contributed by atoms with Crippen LogP contribution in [-0.2, 0) is 4.79 Å². The normalized spacial score (nSPS) is 22.7. The third-order valence-electron chi connectivity index (χ3n) is 4.45. The van der Waals surface area contributed by atoms with E-state index >= 15 is 0 Å². The van der Waals surface area contributed by atoms with Crippen molar-refractivity contribution in [1.29, 1.82) is 0 Å². The van der Waals surface area contributed by atoms with Gasteiger partial charge in [-0.1, -0.05) is 18.2 Å². The minimum absolute atomic E-state index is 0. The standard InChI is InChI=1S/C17H24N2O2.ClH/c20-17(14-5-4-10-18-13-14)19-11-8-16(9-12-19)21-15-6-2-1-3-7-15;/h1-3,6-7,14,16,18H,4-5,8-13H2;1H/t14-;/m1./s1. The summed E-state index contributed by atoms with van der Waals surface area (Å²) < 4.78 is 5.98. The fourth-order valence-electron chi connectivity index (χ4n) is 3.21. The summed E-state index contributed by atoms with van der Waals surface area (Å²) in [4.78, 5) is 14.5. The number of para-hydroxylation sites is 1. The van der Waals surface area contributed by atoms with E-state index in [0.717, 1.165) is 57.6 Å². The van der Waals surface area contributed by atoms with Gasteiger partial charge in [-0.15, -0.1) is 12.4 Å². The average Bonchev–Trinajstić information content (AvgIpc) is 2.57. The lowest BCUT2D eigenvalue weighted by atomic mass is 9.96. The highest BCUT2D eigenvalue weighted by Crippen LogP contribution is 2.21. The molecule has 0 radical (unpaired) electrons. The molecule has 22 heavy (non-hydrogen) atoms. The van der Waals surface area contributed by atoms with Crippen LogP contribution in [0.15, 0.2) is 30.3 Å². The number of hydrogen-bond donors (Lipinski definition) is 1. The quantitative estimate of drug-likeness (QED) is 0.928. The molecule has 2 saturated heterocycles. The van der Waals surface area contributed by atoms with Crippen LogP contribution < -0.4 is 10.1 Å². The zero-order chi connectivity index (χ0) is 14.5. The number of hydrogen-bond acceptors (Lipinski definition) is 3. The minimum atomic E-state index is 0. The van der Waals surface area contributed by atoms with Crippen LogP contribution in [0.2, 0.25) is 0 Å². The lowest BCUT2D eigenvalue weighted by Gasteiger charge is -2.35. The largest absolute Gasteiger partial charge is 0.490 e. The minimum Gasteiger partial charge on any atom is -0.490 e. The Balaban J connectivity index is 0.00000176. The smallest absolute Gasteiger partial charge is 0.226 e. The van der Waals surface area contributed by atoms with Crippen LogP contribution in [0.1, 0.15) is 25.7 Å². The zero-order valence-corrected chi connectivity index (χ0v) is 13.7. The molecule has 0 aliphatic carbocycles. The van der Waals surface area contributed by atoms with E-state index in [1.54, 1.807) is 0 Å². The van der Waals surface area contributed by atoms with Crippen LogP contribution >= 0.6 is 12.4 Å².